The molecule has 1 saturated heterocycles. The SMILES string of the molecule is CCC1(CO)CCCN(C(=O)Nc2cn(C)nc2-c2ccccc2)C1. The number of nitrogens with zero attached hydrogens (tertiary/aromatic N) is 3. The molecule has 1 aromatic heterocycles. The van der Waals surface area contributed by atoms with E-state index in [-0.39, 0.29) is 18.1 Å². The number of hydrogen-bond donors (Lipinski definition) is 2. The van der Waals surface area contributed by atoms with Gasteiger partial charge in [0.25, 0.3) is 0 Å². The van der Waals surface area contributed by atoms with Crippen LogP contribution in [-0.4, -0.2) is 45.5 Å². The van der Waals surface area contributed by atoms with E-state index in [1.165, 1.54) is 0 Å². The molecule has 0 aliphatic carbocycles. The predicted molar refractivity (Wildman–Crippen MR) is 98.3 cm³/mol. The number of aromatic nitrogens is 2. The topological polar surface area (TPSA) is 70.4 Å². The first-order valence-corrected chi connectivity index (χ1v) is 8.83. The molecular formula is C19H26N4O2. The minimum atomic E-state index is -0.174. The van der Waals surface area contributed by atoms with E-state index in [4.69, 9.17) is 0 Å². The molecule has 0 saturated carbocycles. The van der Waals surface area contributed by atoms with Crippen LogP contribution in [0.2, 0.25) is 0 Å². The van der Waals surface area contributed by atoms with Crippen molar-refractivity contribution in [2.45, 2.75) is 26.2 Å². The van der Waals surface area contributed by atoms with Crippen molar-refractivity contribution in [3.8, 4) is 11.3 Å². The Morgan fingerprint density at radius 3 is 2.80 bits per heavy atom. The molecule has 0 radical (unpaired) electrons. The van der Waals surface area contributed by atoms with Crippen LogP contribution in [0.1, 0.15) is 26.2 Å². The van der Waals surface area contributed by atoms with E-state index in [0.717, 1.165) is 30.5 Å². The molecule has 0 bridgehead atoms. The molecule has 2 N–H and O–H groups in total. The molecule has 1 aliphatic heterocycles. The summed E-state index contributed by atoms with van der Waals surface area (Å²) in [6.07, 6.45) is 4.57. The Labute approximate surface area is 148 Å². The molecule has 6 heteroatoms. The van der Waals surface area contributed by atoms with E-state index in [2.05, 4.69) is 17.3 Å². The summed E-state index contributed by atoms with van der Waals surface area (Å²) in [7, 11) is 1.84. The van der Waals surface area contributed by atoms with E-state index in [1.807, 2.05) is 48.5 Å². The Hall–Kier alpha value is -2.34. The summed E-state index contributed by atoms with van der Waals surface area (Å²) in [4.78, 5) is 14.6. The van der Waals surface area contributed by atoms with Gasteiger partial charge in [0.15, 0.2) is 0 Å². The van der Waals surface area contributed by atoms with E-state index in [9.17, 15) is 9.90 Å². The van der Waals surface area contributed by atoms with Gasteiger partial charge in [0.05, 0.1) is 12.3 Å². The first-order chi connectivity index (χ1) is 12.1. The summed E-state index contributed by atoms with van der Waals surface area (Å²) in [5.41, 5.74) is 2.26. The number of likely N-dealkylation sites (tertiary alicyclic amines) is 1. The van der Waals surface area contributed by atoms with Gasteiger partial charge in [-0.3, -0.25) is 4.68 Å². The van der Waals surface area contributed by atoms with Crippen molar-refractivity contribution in [3.63, 3.8) is 0 Å². The molecule has 1 aliphatic rings. The second-order valence-corrected chi connectivity index (χ2v) is 6.90. The van der Waals surface area contributed by atoms with Gasteiger partial charge in [0, 0.05) is 37.3 Å². The van der Waals surface area contributed by atoms with Crippen LogP contribution in [0.5, 0.6) is 0 Å². The Kier molecular flexibility index (Phi) is 5.08. The highest BCUT2D eigenvalue weighted by atomic mass is 16.3. The minimum absolute atomic E-state index is 0.120. The lowest BCUT2D eigenvalue weighted by atomic mass is 9.78. The van der Waals surface area contributed by atoms with Crippen LogP contribution in [0, 0.1) is 5.41 Å². The normalized spacial score (nSPS) is 20.5. The van der Waals surface area contributed by atoms with Gasteiger partial charge >= 0.3 is 6.03 Å². The fraction of sp³-hybridized carbons (Fsp3) is 0.474. The second kappa shape index (κ2) is 7.27. The van der Waals surface area contributed by atoms with Gasteiger partial charge in [-0.25, -0.2) is 4.79 Å². The molecule has 6 nitrogen and oxygen atoms in total. The quantitative estimate of drug-likeness (QED) is 0.897. The summed E-state index contributed by atoms with van der Waals surface area (Å²) in [5, 5.41) is 17.2. The predicted octanol–water partition coefficient (Wildman–Crippen LogP) is 3.10. The third kappa shape index (κ3) is 3.69. The van der Waals surface area contributed by atoms with E-state index in [0.29, 0.717) is 18.8 Å². The number of carbonyl (C=O) groups excluding carboxylic acids is 1. The van der Waals surface area contributed by atoms with Crippen molar-refractivity contribution in [2.24, 2.45) is 12.5 Å². The van der Waals surface area contributed by atoms with Crippen molar-refractivity contribution >= 4 is 11.7 Å². The van der Waals surface area contributed by atoms with Gasteiger partial charge < -0.3 is 15.3 Å². The number of aliphatic hydroxyl groups excluding tert-OH is 1. The highest BCUT2D eigenvalue weighted by Crippen LogP contribution is 2.33. The molecule has 134 valence electrons. The molecule has 2 aromatic rings. The smallest absolute Gasteiger partial charge is 0.321 e. The zero-order valence-corrected chi connectivity index (χ0v) is 14.9. The van der Waals surface area contributed by atoms with E-state index >= 15 is 0 Å². The van der Waals surface area contributed by atoms with Gasteiger partial charge in [-0.1, -0.05) is 37.3 Å². The number of nitrogens with one attached hydrogen (secondary N) is 1. The first-order valence-electron chi connectivity index (χ1n) is 8.83. The maximum Gasteiger partial charge on any atom is 0.321 e. The number of aliphatic hydroxyl groups is 1. The monoisotopic (exact) mass is 342 g/mol. The molecule has 1 atom stereocenters. The van der Waals surface area contributed by atoms with Crippen molar-refractivity contribution in [1.82, 2.24) is 14.7 Å². The number of anilines is 1. The molecule has 0 spiro atoms. The van der Waals surface area contributed by atoms with Crippen molar-refractivity contribution in [2.75, 3.05) is 25.0 Å². The van der Waals surface area contributed by atoms with Crippen LogP contribution >= 0.6 is 0 Å². The number of hydrogen-bond acceptors (Lipinski definition) is 3. The summed E-state index contributed by atoms with van der Waals surface area (Å²) >= 11 is 0. The van der Waals surface area contributed by atoms with Crippen LogP contribution in [0.15, 0.2) is 36.5 Å². The average molecular weight is 342 g/mol. The molecule has 1 unspecified atom stereocenters. The summed E-state index contributed by atoms with van der Waals surface area (Å²) < 4.78 is 1.71. The molecule has 2 heterocycles. The van der Waals surface area contributed by atoms with Crippen LogP contribution < -0.4 is 5.32 Å². The maximum absolute atomic E-state index is 12.8. The zero-order valence-electron chi connectivity index (χ0n) is 14.9. The summed E-state index contributed by atoms with van der Waals surface area (Å²) in [6.45, 7) is 3.50. The summed E-state index contributed by atoms with van der Waals surface area (Å²) in [6, 6.07) is 9.70. The Morgan fingerprint density at radius 2 is 2.12 bits per heavy atom. The number of carbonyl (C=O) groups is 1. The second-order valence-electron chi connectivity index (χ2n) is 6.90. The van der Waals surface area contributed by atoms with E-state index < -0.39 is 0 Å². The highest BCUT2D eigenvalue weighted by Gasteiger charge is 2.35. The van der Waals surface area contributed by atoms with Gasteiger partial charge in [0.1, 0.15) is 5.69 Å². The van der Waals surface area contributed by atoms with Crippen molar-refractivity contribution in [1.29, 1.82) is 0 Å². The number of rotatable bonds is 4. The lowest BCUT2D eigenvalue weighted by Crippen LogP contribution is -2.49. The number of benzene rings is 1. The third-order valence-electron chi connectivity index (χ3n) is 5.15. The summed E-state index contributed by atoms with van der Waals surface area (Å²) in [5.74, 6) is 0. The van der Waals surface area contributed by atoms with Crippen LogP contribution in [0.3, 0.4) is 0 Å². The van der Waals surface area contributed by atoms with Crippen LogP contribution in [-0.2, 0) is 7.05 Å². The van der Waals surface area contributed by atoms with Crippen LogP contribution in [0.4, 0.5) is 10.5 Å². The molecular weight excluding hydrogens is 316 g/mol. The number of piperidine rings is 1. The lowest BCUT2D eigenvalue weighted by molar-refractivity contribution is 0.0468. The Morgan fingerprint density at radius 1 is 1.36 bits per heavy atom. The highest BCUT2D eigenvalue weighted by molar-refractivity contribution is 5.93. The fourth-order valence-electron chi connectivity index (χ4n) is 3.49. The van der Waals surface area contributed by atoms with Gasteiger partial charge in [-0.2, -0.15) is 5.10 Å². The molecule has 1 aromatic carbocycles. The number of urea groups is 1. The van der Waals surface area contributed by atoms with Gasteiger partial charge in [0.2, 0.25) is 0 Å². The number of amides is 2. The van der Waals surface area contributed by atoms with Gasteiger partial charge in [-0.15, -0.1) is 0 Å². The van der Waals surface area contributed by atoms with Crippen molar-refractivity contribution in [3.05, 3.63) is 36.5 Å². The number of aryl methyl sites for hydroxylation is 1. The average Bonchev–Trinajstić information content (AvgIpc) is 3.02. The molecule has 2 amide bonds. The lowest BCUT2D eigenvalue weighted by Gasteiger charge is -2.41. The van der Waals surface area contributed by atoms with Crippen LogP contribution in [0.25, 0.3) is 11.3 Å². The van der Waals surface area contributed by atoms with E-state index in [1.54, 1.807) is 4.68 Å². The Balaban J connectivity index is 1.78. The Bertz CT molecular complexity index is 722. The zero-order chi connectivity index (χ0) is 17.9. The molecule has 1 fully saturated rings. The largest absolute Gasteiger partial charge is 0.396 e. The standard InChI is InChI=1S/C19H26N4O2/c1-3-19(14-24)10-7-11-23(13-19)18(25)20-16-12-22(2)21-17(16)15-8-5-4-6-9-15/h4-6,8-9,12,24H,3,7,10-11,13-14H2,1-2H3,(H,20,25). The first kappa shape index (κ1) is 17.5. The molecule has 25 heavy (non-hydrogen) atoms. The molecule has 3 rings (SSSR count). The van der Waals surface area contributed by atoms with Gasteiger partial charge in [-0.05, 0) is 19.3 Å². The van der Waals surface area contributed by atoms with Crippen molar-refractivity contribution < 1.29 is 9.90 Å². The fourth-order valence-corrected chi connectivity index (χ4v) is 3.49. The minimum Gasteiger partial charge on any atom is -0.396 e. The maximum atomic E-state index is 12.8. The third-order valence-corrected chi connectivity index (χ3v) is 5.15.